The van der Waals surface area contributed by atoms with Gasteiger partial charge in [0.15, 0.2) is 0 Å². The van der Waals surface area contributed by atoms with Crippen molar-refractivity contribution in [2.24, 2.45) is 5.92 Å². The highest BCUT2D eigenvalue weighted by Gasteiger charge is 2.15. The summed E-state index contributed by atoms with van der Waals surface area (Å²) in [5.74, 6) is 1.71. The van der Waals surface area contributed by atoms with Crippen LogP contribution in [0.4, 0.5) is 0 Å². The fraction of sp³-hybridized carbons (Fsp3) is 0.688. The second kappa shape index (κ2) is 6.38. The van der Waals surface area contributed by atoms with E-state index in [4.69, 9.17) is 4.74 Å². The lowest BCUT2D eigenvalue weighted by atomic mass is 10.1. The first-order chi connectivity index (χ1) is 9.03. The number of nitrogens with one attached hydrogen (secondary N) is 1. The summed E-state index contributed by atoms with van der Waals surface area (Å²) in [6.07, 6.45) is 7.22. The zero-order valence-corrected chi connectivity index (χ0v) is 12.4. The molecule has 0 saturated heterocycles. The van der Waals surface area contributed by atoms with Gasteiger partial charge in [-0.3, -0.25) is 4.98 Å². The minimum atomic E-state index is 0.113. The van der Waals surface area contributed by atoms with Gasteiger partial charge in [0.1, 0.15) is 5.75 Å². The Morgan fingerprint density at radius 1 is 1.32 bits per heavy atom. The molecular weight excluding hydrogens is 236 g/mol. The molecule has 1 heterocycles. The van der Waals surface area contributed by atoms with Crippen LogP contribution < -0.4 is 10.1 Å². The Bertz CT molecular complexity index is 392. The van der Waals surface area contributed by atoms with Crippen molar-refractivity contribution in [3.05, 3.63) is 24.0 Å². The highest BCUT2D eigenvalue weighted by atomic mass is 16.5. The summed E-state index contributed by atoms with van der Waals surface area (Å²) in [6.45, 7) is 8.12. The Labute approximate surface area is 116 Å². The Balaban J connectivity index is 1.84. The van der Waals surface area contributed by atoms with Crippen LogP contribution in [0.15, 0.2) is 18.3 Å². The largest absolute Gasteiger partial charge is 0.493 e. The SMILES string of the molecule is CC(C)(C)NCc1cc(OCC2CCCC2)ccn1. The molecule has 1 N–H and O–H groups in total. The number of rotatable bonds is 5. The van der Waals surface area contributed by atoms with Crippen molar-refractivity contribution in [3.63, 3.8) is 0 Å². The van der Waals surface area contributed by atoms with Gasteiger partial charge in [0.05, 0.1) is 12.3 Å². The summed E-state index contributed by atoms with van der Waals surface area (Å²) >= 11 is 0. The highest BCUT2D eigenvalue weighted by molar-refractivity contribution is 5.22. The van der Waals surface area contributed by atoms with E-state index in [0.29, 0.717) is 0 Å². The van der Waals surface area contributed by atoms with Crippen molar-refractivity contribution >= 4 is 0 Å². The van der Waals surface area contributed by atoms with Crippen LogP contribution in [-0.4, -0.2) is 17.1 Å². The number of aromatic nitrogens is 1. The van der Waals surface area contributed by atoms with Crippen LogP contribution in [0.2, 0.25) is 0 Å². The van der Waals surface area contributed by atoms with Gasteiger partial charge in [-0.1, -0.05) is 12.8 Å². The number of nitrogens with zero attached hydrogens (tertiary/aromatic N) is 1. The predicted molar refractivity (Wildman–Crippen MR) is 78.3 cm³/mol. The van der Waals surface area contributed by atoms with Crippen molar-refractivity contribution in [2.75, 3.05) is 6.61 Å². The average molecular weight is 262 g/mol. The third kappa shape index (κ3) is 5.19. The zero-order chi connectivity index (χ0) is 13.7. The molecule has 0 aromatic carbocycles. The molecule has 1 aromatic rings. The van der Waals surface area contributed by atoms with E-state index in [2.05, 4.69) is 31.1 Å². The maximum absolute atomic E-state index is 5.89. The molecule has 1 fully saturated rings. The second-order valence-corrected chi connectivity index (χ2v) is 6.55. The monoisotopic (exact) mass is 262 g/mol. The number of pyridine rings is 1. The van der Waals surface area contributed by atoms with Gasteiger partial charge < -0.3 is 10.1 Å². The molecule has 0 unspecified atom stereocenters. The number of ether oxygens (including phenoxy) is 1. The van der Waals surface area contributed by atoms with Crippen LogP contribution in [0.1, 0.15) is 52.1 Å². The smallest absolute Gasteiger partial charge is 0.122 e. The fourth-order valence-corrected chi connectivity index (χ4v) is 2.39. The van der Waals surface area contributed by atoms with Gasteiger partial charge in [-0.05, 0) is 45.6 Å². The molecule has 0 amide bonds. The summed E-state index contributed by atoms with van der Waals surface area (Å²) in [4.78, 5) is 4.38. The number of hydrogen-bond donors (Lipinski definition) is 1. The van der Waals surface area contributed by atoms with E-state index < -0.39 is 0 Å². The van der Waals surface area contributed by atoms with E-state index in [0.717, 1.165) is 30.5 Å². The molecule has 0 spiro atoms. The summed E-state index contributed by atoms with van der Waals surface area (Å²) in [5, 5.41) is 3.44. The lowest BCUT2D eigenvalue weighted by molar-refractivity contribution is 0.251. The summed E-state index contributed by atoms with van der Waals surface area (Å²) < 4.78 is 5.89. The summed E-state index contributed by atoms with van der Waals surface area (Å²) in [5.41, 5.74) is 1.15. The first-order valence-electron chi connectivity index (χ1n) is 7.36. The normalized spacial score (nSPS) is 16.8. The Kier molecular flexibility index (Phi) is 4.81. The fourth-order valence-electron chi connectivity index (χ4n) is 2.39. The van der Waals surface area contributed by atoms with Gasteiger partial charge in [0.2, 0.25) is 0 Å². The highest BCUT2D eigenvalue weighted by Crippen LogP contribution is 2.25. The van der Waals surface area contributed by atoms with E-state index >= 15 is 0 Å². The first kappa shape index (κ1) is 14.3. The van der Waals surface area contributed by atoms with Gasteiger partial charge in [-0.2, -0.15) is 0 Å². The molecule has 0 atom stereocenters. The van der Waals surface area contributed by atoms with Gasteiger partial charge in [0, 0.05) is 24.3 Å². The third-order valence-corrected chi connectivity index (χ3v) is 3.55. The average Bonchev–Trinajstić information content (AvgIpc) is 2.87. The molecule has 1 aromatic heterocycles. The Morgan fingerprint density at radius 2 is 2.05 bits per heavy atom. The summed E-state index contributed by atoms with van der Waals surface area (Å²) in [7, 11) is 0. The minimum Gasteiger partial charge on any atom is -0.493 e. The molecule has 1 saturated carbocycles. The molecule has 0 aliphatic heterocycles. The third-order valence-electron chi connectivity index (χ3n) is 3.55. The van der Waals surface area contributed by atoms with Crippen LogP contribution in [0.3, 0.4) is 0 Å². The minimum absolute atomic E-state index is 0.113. The van der Waals surface area contributed by atoms with E-state index in [9.17, 15) is 0 Å². The van der Waals surface area contributed by atoms with E-state index in [-0.39, 0.29) is 5.54 Å². The molecule has 3 nitrogen and oxygen atoms in total. The number of hydrogen-bond acceptors (Lipinski definition) is 3. The van der Waals surface area contributed by atoms with E-state index in [1.54, 1.807) is 0 Å². The van der Waals surface area contributed by atoms with Crippen molar-refractivity contribution in [3.8, 4) is 5.75 Å². The summed E-state index contributed by atoms with van der Waals surface area (Å²) in [6, 6.07) is 4.00. The molecule has 2 rings (SSSR count). The van der Waals surface area contributed by atoms with Crippen LogP contribution in [0.25, 0.3) is 0 Å². The molecule has 106 valence electrons. The molecule has 19 heavy (non-hydrogen) atoms. The second-order valence-electron chi connectivity index (χ2n) is 6.55. The van der Waals surface area contributed by atoms with Gasteiger partial charge in [-0.15, -0.1) is 0 Å². The van der Waals surface area contributed by atoms with E-state index in [1.165, 1.54) is 25.7 Å². The van der Waals surface area contributed by atoms with Crippen molar-refractivity contribution in [2.45, 2.75) is 58.5 Å². The molecule has 0 radical (unpaired) electrons. The van der Waals surface area contributed by atoms with Crippen LogP contribution in [-0.2, 0) is 6.54 Å². The zero-order valence-electron chi connectivity index (χ0n) is 12.4. The lowest BCUT2D eigenvalue weighted by Crippen LogP contribution is -2.35. The lowest BCUT2D eigenvalue weighted by Gasteiger charge is -2.20. The Morgan fingerprint density at radius 3 is 2.74 bits per heavy atom. The van der Waals surface area contributed by atoms with Crippen molar-refractivity contribution in [1.29, 1.82) is 0 Å². The molecular formula is C16H26N2O. The maximum atomic E-state index is 5.89. The quantitative estimate of drug-likeness (QED) is 0.881. The topological polar surface area (TPSA) is 34.1 Å². The van der Waals surface area contributed by atoms with Gasteiger partial charge in [0.25, 0.3) is 0 Å². The first-order valence-corrected chi connectivity index (χ1v) is 7.36. The van der Waals surface area contributed by atoms with Crippen LogP contribution in [0, 0.1) is 5.92 Å². The molecule has 3 heteroatoms. The van der Waals surface area contributed by atoms with Crippen molar-refractivity contribution < 1.29 is 4.74 Å². The molecule has 1 aliphatic rings. The van der Waals surface area contributed by atoms with Crippen LogP contribution >= 0.6 is 0 Å². The standard InChI is InChI=1S/C16H26N2O/c1-16(2,3)18-11-14-10-15(8-9-17-14)19-12-13-6-4-5-7-13/h8-10,13,18H,4-7,11-12H2,1-3H3. The molecule has 1 aliphatic carbocycles. The predicted octanol–water partition coefficient (Wildman–Crippen LogP) is 3.54. The Hall–Kier alpha value is -1.09. The van der Waals surface area contributed by atoms with E-state index in [1.807, 2.05) is 18.3 Å². The van der Waals surface area contributed by atoms with Gasteiger partial charge in [-0.25, -0.2) is 0 Å². The van der Waals surface area contributed by atoms with Gasteiger partial charge >= 0.3 is 0 Å². The van der Waals surface area contributed by atoms with Crippen molar-refractivity contribution in [1.82, 2.24) is 10.3 Å². The van der Waals surface area contributed by atoms with Crippen LogP contribution in [0.5, 0.6) is 5.75 Å². The molecule has 0 bridgehead atoms. The maximum Gasteiger partial charge on any atom is 0.122 e.